The molecule has 3 fully saturated rings. The van der Waals surface area contributed by atoms with E-state index in [1.165, 1.54) is 56.9 Å². The van der Waals surface area contributed by atoms with Crippen LogP contribution >= 0.6 is 0 Å². The summed E-state index contributed by atoms with van der Waals surface area (Å²) in [7, 11) is 0. The minimum Gasteiger partial charge on any atom is -0.329 e. The van der Waals surface area contributed by atoms with Crippen molar-refractivity contribution in [1.29, 1.82) is 5.26 Å². The Morgan fingerprint density at radius 3 is 2.66 bits per heavy atom. The van der Waals surface area contributed by atoms with Crippen LogP contribution in [-0.2, 0) is 17.8 Å². The Labute approximate surface area is 209 Å². The number of nitrogens with one attached hydrogen (secondary N) is 2. The summed E-state index contributed by atoms with van der Waals surface area (Å²) in [5.41, 5.74) is 3.85. The van der Waals surface area contributed by atoms with Crippen molar-refractivity contribution >= 4 is 11.8 Å². The van der Waals surface area contributed by atoms with Crippen molar-refractivity contribution in [2.24, 2.45) is 11.8 Å². The lowest BCUT2D eigenvalue weighted by atomic mass is 9.78. The third kappa shape index (κ3) is 5.30. The summed E-state index contributed by atoms with van der Waals surface area (Å²) in [6.45, 7) is 4.37. The normalized spacial score (nSPS) is 31.1. The Balaban J connectivity index is 1.21. The van der Waals surface area contributed by atoms with Crippen LogP contribution in [0.3, 0.4) is 0 Å². The molecule has 0 spiro atoms. The van der Waals surface area contributed by atoms with Crippen LogP contribution < -0.4 is 10.6 Å². The minimum absolute atomic E-state index is 0.0246. The SMILES string of the molecule is C=C1CCC(N2Cc3cc(C[C@H]4CCCC[C@@H]4NC4CCC(CC#N)CC4)ccc3C2=O)C(=O)N1. The van der Waals surface area contributed by atoms with Gasteiger partial charge in [0.15, 0.2) is 0 Å². The van der Waals surface area contributed by atoms with Gasteiger partial charge in [-0.15, -0.1) is 0 Å². The van der Waals surface area contributed by atoms with Crippen LogP contribution in [-0.4, -0.2) is 34.8 Å². The summed E-state index contributed by atoms with van der Waals surface area (Å²) in [5.74, 6) is 1.07. The van der Waals surface area contributed by atoms with Gasteiger partial charge < -0.3 is 15.5 Å². The van der Waals surface area contributed by atoms with Gasteiger partial charge in [-0.05, 0) is 86.8 Å². The molecule has 4 aliphatic rings. The van der Waals surface area contributed by atoms with E-state index in [1.54, 1.807) is 4.90 Å². The summed E-state index contributed by atoms with van der Waals surface area (Å²) in [5, 5.41) is 15.8. The van der Waals surface area contributed by atoms with E-state index in [-0.39, 0.29) is 11.8 Å². The van der Waals surface area contributed by atoms with Crippen LogP contribution in [0.15, 0.2) is 30.5 Å². The predicted molar refractivity (Wildman–Crippen MR) is 135 cm³/mol. The fourth-order valence-corrected chi connectivity index (χ4v) is 6.77. The molecule has 2 aliphatic heterocycles. The van der Waals surface area contributed by atoms with Gasteiger partial charge in [-0.3, -0.25) is 9.59 Å². The van der Waals surface area contributed by atoms with E-state index in [0.29, 0.717) is 43.3 Å². The predicted octanol–water partition coefficient (Wildman–Crippen LogP) is 4.60. The zero-order valence-corrected chi connectivity index (χ0v) is 20.7. The molecule has 0 aromatic heterocycles. The largest absolute Gasteiger partial charge is 0.329 e. The molecular formula is C29H38N4O2. The Morgan fingerprint density at radius 1 is 1.09 bits per heavy atom. The van der Waals surface area contributed by atoms with Gasteiger partial charge in [-0.2, -0.15) is 5.26 Å². The summed E-state index contributed by atoms with van der Waals surface area (Å²) < 4.78 is 0. The third-order valence-electron chi connectivity index (χ3n) is 8.78. The molecule has 2 heterocycles. The van der Waals surface area contributed by atoms with Crippen LogP contribution in [0, 0.1) is 23.2 Å². The Hall–Kier alpha value is -2.65. The number of nitriles is 1. The lowest BCUT2D eigenvalue weighted by molar-refractivity contribution is -0.126. The maximum Gasteiger partial charge on any atom is 0.255 e. The molecule has 3 atom stereocenters. The molecule has 6 nitrogen and oxygen atoms in total. The second kappa shape index (κ2) is 10.5. The lowest BCUT2D eigenvalue weighted by Gasteiger charge is -2.37. The molecule has 1 aromatic carbocycles. The Bertz CT molecular complexity index is 1020. The molecule has 1 saturated heterocycles. The van der Waals surface area contributed by atoms with Gasteiger partial charge in [0.25, 0.3) is 5.91 Å². The van der Waals surface area contributed by atoms with Gasteiger partial charge in [0.1, 0.15) is 6.04 Å². The summed E-state index contributed by atoms with van der Waals surface area (Å²) in [6.07, 6.45) is 12.9. The second-order valence-electron chi connectivity index (χ2n) is 11.2. The average Bonchev–Trinajstić information content (AvgIpc) is 3.17. The standard InChI is InChI=1S/C29H38N4O2/c1-19-6-13-27(28(34)31-19)33-18-23-17-21(9-12-25(23)29(33)35)16-22-4-2-3-5-26(22)32-24-10-7-20(8-11-24)14-15-30/h9,12,17,20,22,24,26-27,32H,1-8,10-11,13-14,16,18H2,(H,31,34)/t20?,22-,24?,26+,27?/m1/s1. The molecule has 0 bridgehead atoms. The first kappa shape index (κ1) is 24.1. The quantitative estimate of drug-likeness (QED) is 0.631. The topological polar surface area (TPSA) is 85.2 Å². The summed E-state index contributed by atoms with van der Waals surface area (Å²) in [6, 6.07) is 9.39. The molecule has 1 aromatic rings. The van der Waals surface area contributed by atoms with Crippen molar-refractivity contribution in [3.05, 3.63) is 47.2 Å². The Morgan fingerprint density at radius 2 is 1.89 bits per heavy atom. The van der Waals surface area contributed by atoms with Gasteiger partial charge in [0.05, 0.1) is 6.07 Å². The molecule has 2 aliphatic carbocycles. The van der Waals surface area contributed by atoms with Gasteiger partial charge in [-0.1, -0.05) is 31.6 Å². The van der Waals surface area contributed by atoms with Crippen molar-refractivity contribution in [3.63, 3.8) is 0 Å². The van der Waals surface area contributed by atoms with E-state index in [1.807, 2.05) is 6.07 Å². The highest BCUT2D eigenvalue weighted by atomic mass is 16.2. The zero-order chi connectivity index (χ0) is 24.4. The molecule has 2 amide bonds. The number of nitrogens with zero attached hydrogens (tertiary/aromatic N) is 2. The third-order valence-corrected chi connectivity index (χ3v) is 8.78. The molecule has 186 valence electrons. The highest BCUT2D eigenvalue weighted by Crippen LogP contribution is 2.33. The van der Waals surface area contributed by atoms with Crippen LogP contribution in [0.25, 0.3) is 0 Å². The lowest BCUT2D eigenvalue weighted by Crippen LogP contribution is -2.49. The number of hydrogen-bond acceptors (Lipinski definition) is 4. The van der Waals surface area contributed by atoms with E-state index >= 15 is 0 Å². The van der Waals surface area contributed by atoms with Crippen molar-refractivity contribution in [1.82, 2.24) is 15.5 Å². The van der Waals surface area contributed by atoms with E-state index in [9.17, 15) is 9.59 Å². The number of allylic oxidation sites excluding steroid dienone is 1. The average molecular weight is 475 g/mol. The highest BCUT2D eigenvalue weighted by Gasteiger charge is 2.38. The fraction of sp³-hybridized carbons (Fsp3) is 0.621. The number of benzene rings is 1. The van der Waals surface area contributed by atoms with Gasteiger partial charge in [0, 0.05) is 36.3 Å². The van der Waals surface area contributed by atoms with Crippen LogP contribution in [0.5, 0.6) is 0 Å². The van der Waals surface area contributed by atoms with Gasteiger partial charge in [0.2, 0.25) is 5.91 Å². The maximum absolute atomic E-state index is 13.1. The fourth-order valence-electron chi connectivity index (χ4n) is 6.77. The molecule has 1 unspecified atom stereocenters. The molecule has 35 heavy (non-hydrogen) atoms. The molecule has 5 rings (SSSR count). The number of carbonyl (C=O) groups excluding carboxylic acids is 2. The van der Waals surface area contributed by atoms with Crippen molar-refractivity contribution in [3.8, 4) is 6.07 Å². The van der Waals surface area contributed by atoms with Gasteiger partial charge >= 0.3 is 0 Å². The molecule has 2 N–H and O–H groups in total. The number of rotatable bonds is 6. The van der Waals surface area contributed by atoms with Gasteiger partial charge in [-0.25, -0.2) is 0 Å². The van der Waals surface area contributed by atoms with E-state index in [2.05, 4.69) is 35.4 Å². The molecule has 0 radical (unpaired) electrons. The smallest absolute Gasteiger partial charge is 0.255 e. The highest BCUT2D eigenvalue weighted by molar-refractivity contribution is 6.01. The van der Waals surface area contributed by atoms with Crippen molar-refractivity contribution in [2.75, 3.05) is 0 Å². The van der Waals surface area contributed by atoms with E-state index in [0.717, 1.165) is 29.7 Å². The monoisotopic (exact) mass is 474 g/mol. The van der Waals surface area contributed by atoms with E-state index in [4.69, 9.17) is 5.26 Å². The molecule has 6 heteroatoms. The second-order valence-corrected chi connectivity index (χ2v) is 11.2. The Kier molecular flexibility index (Phi) is 7.24. The van der Waals surface area contributed by atoms with Crippen LogP contribution in [0.2, 0.25) is 0 Å². The first-order valence-electron chi connectivity index (χ1n) is 13.6. The van der Waals surface area contributed by atoms with Crippen molar-refractivity contribution in [2.45, 2.75) is 102 Å². The number of fused-ring (bicyclic) bond motifs is 1. The number of hydrogen-bond donors (Lipinski definition) is 2. The molecule has 2 saturated carbocycles. The number of carbonyl (C=O) groups is 2. The number of piperidine rings is 1. The van der Waals surface area contributed by atoms with Crippen LogP contribution in [0.4, 0.5) is 0 Å². The van der Waals surface area contributed by atoms with E-state index < -0.39 is 6.04 Å². The van der Waals surface area contributed by atoms with Crippen LogP contribution in [0.1, 0.15) is 92.1 Å². The summed E-state index contributed by atoms with van der Waals surface area (Å²) in [4.78, 5) is 27.3. The maximum atomic E-state index is 13.1. The minimum atomic E-state index is -0.404. The first-order valence-corrected chi connectivity index (χ1v) is 13.6. The van der Waals surface area contributed by atoms with Crippen molar-refractivity contribution < 1.29 is 9.59 Å². The first-order chi connectivity index (χ1) is 17.0. The zero-order valence-electron chi connectivity index (χ0n) is 20.7. The molecular weight excluding hydrogens is 436 g/mol. The summed E-state index contributed by atoms with van der Waals surface area (Å²) >= 11 is 0. The number of amides is 2.